The Morgan fingerprint density at radius 2 is 1.77 bits per heavy atom. The van der Waals surface area contributed by atoms with Crippen molar-refractivity contribution >= 4 is 41.0 Å². The number of carbonyl (C=O) groups excluding carboxylic acids is 1. The number of rotatable bonds is 5. The number of carbonyl (C=O) groups is 1. The quantitative estimate of drug-likeness (QED) is 0.497. The SMILES string of the molecule is Cn1cc(NSNC(C)(C)C)c(Cl)c1C(=O)Nc1cc(F)c(F)c(F)c1. The summed E-state index contributed by atoms with van der Waals surface area (Å²) in [4.78, 5) is 12.4. The van der Waals surface area contributed by atoms with Crippen LogP contribution >= 0.6 is 23.7 Å². The molecule has 1 amide bonds. The lowest BCUT2D eigenvalue weighted by atomic mass is 10.1. The summed E-state index contributed by atoms with van der Waals surface area (Å²) in [5.41, 5.74) is 0.200. The average Bonchev–Trinajstić information content (AvgIpc) is 2.77. The highest BCUT2D eigenvalue weighted by Gasteiger charge is 2.21. The topological polar surface area (TPSA) is 58.1 Å². The summed E-state index contributed by atoms with van der Waals surface area (Å²) in [6.45, 7) is 5.94. The highest BCUT2D eigenvalue weighted by molar-refractivity contribution is 7.98. The number of hydrogen-bond donors (Lipinski definition) is 3. The summed E-state index contributed by atoms with van der Waals surface area (Å²) in [7, 11) is 1.60. The zero-order valence-corrected chi connectivity index (χ0v) is 16.1. The van der Waals surface area contributed by atoms with Gasteiger partial charge in [0.1, 0.15) is 5.69 Å². The monoisotopic (exact) mass is 406 g/mol. The molecule has 0 spiro atoms. The number of benzene rings is 1. The molecule has 0 unspecified atom stereocenters. The molecule has 0 aliphatic heterocycles. The Labute approximate surface area is 158 Å². The fourth-order valence-electron chi connectivity index (χ4n) is 1.98. The van der Waals surface area contributed by atoms with E-state index in [2.05, 4.69) is 14.8 Å². The molecular formula is C16H18ClF3N4OS. The third kappa shape index (κ3) is 4.87. The van der Waals surface area contributed by atoms with E-state index in [-0.39, 0.29) is 21.9 Å². The zero-order chi connectivity index (χ0) is 19.6. The first-order valence-electron chi connectivity index (χ1n) is 7.49. The van der Waals surface area contributed by atoms with Crippen LogP contribution in [0.4, 0.5) is 24.5 Å². The van der Waals surface area contributed by atoms with Crippen LogP contribution in [0.3, 0.4) is 0 Å². The molecule has 0 saturated heterocycles. The van der Waals surface area contributed by atoms with Crippen LogP contribution in [0.2, 0.25) is 5.02 Å². The molecule has 2 aromatic rings. The van der Waals surface area contributed by atoms with Gasteiger partial charge in [0.15, 0.2) is 17.5 Å². The van der Waals surface area contributed by atoms with Crippen molar-refractivity contribution < 1.29 is 18.0 Å². The molecule has 0 aliphatic rings. The minimum Gasteiger partial charge on any atom is -0.343 e. The van der Waals surface area contributed by atoms with Crippen LogP contribution in [0.25, 0.3) is 0 Å². The molecule has 0 aliphatic carbocycles. The van der Waals surface area contributed by atoms with Gasteiger partial charge in [0.25, 0.3) is 5.91 Å². The van der Waals surface area contributed by atoms with Crippen molar-refractivity contribution in [2.45, 2.75) is 26.3 Å². The van der Waals surface area contributed by atoms with E-state index < -0.39 is 23.4 Å². The Bertz CT molecular complexity index is 813. The standard InChI is InChI=1S/C16H18ClF3N4OS/c1-16(2,3)23-26-22-11-7-24(4)14(12(11)17)15(25)21-8-5-9(18)13(20)10(19)6-8/h5-7,22-23H,1-4H3,(H,21,25). The zero-order valence-electron chi connectivity index (χ0n) is 14.5. The van der Waals surface area contributed by atoms with E-state index in [0.29, 0.717) is 17.8 Å². The number of halogens is 4. The van der Waals surface area contributed by atoms with Crippen molar-refractivity contribution in [1.82, 2.24) is 9.29 Å². The Morgan fingerprint density at radius 3 is 2.31 bits per heavy atom. The second-order valence-corrected chi connectivity index (χ2v) is 7.57. The lowest BCUT2D eigenvalue weighted by Crippen LogP contribution is -2.30. The van der Waals surface area contributed by atoms with E-state index in [9.17, 15) is 18.0 Å². The second kappa shape index (κ2) is 7.81. The Balaban J connectivity index is 2.17. The van der Waals surface area contributed by atoms with Crippen molar-refractivity contribution in [2.24, 2.45) is 7.05 Å². The molecular weight excluding hydrogens is 389 g/mol. The minimum absolute atomic E-state index is 0.0793. The number of anilines is 2. The van der Waals surface area contributed by atoms with Crippen LogP contribution in [-0.4, -0.2) is 16.0 Å². The molecule has 142 valence electrons. The largest absolute Gasteiger partial charge is 0.343 e. The lowest BCUT2D eigenvalue weighted by Gasteiger charge is -2.19. The first kappa shape index (κ1) is 20.5. The van der Waals surface area contributed by atoms with Gasteiger partial charge >= 0.3 is 0 Å². The van der Waals surface area contributed by atoms with Gasteiger partial charge in [-0.3, -0.25) is 4.79 Å². The second-order valence-electron chi connectivity index (χ2n) is 6.58. The van der Waals surface area contributed by atoms with Crippen LogP contribution in [-0.2, 0) is 7.05 Å². The van der Waals surface area contributed by atoms with Crippen molar-refractivity contribution in [3.63, 3.8) is 0 Å². The van der Waals surface area contributed by atoms with Crippen molar-refractivity contribution in [1.29, 1.82) is 0 Å². The summed E-state index contributed by atoms with van der Waals surface area (Å²) in [6, 6.07) is 1.38. The van der Waals surface area contributed by atoms with Crippen LogP contribution in [0, 0.1) is 17.5 Å². The molecule has 0 fully saturated rings. The number of nitrogens with one attached hydrogen (secondary N) is 3. The maximum atomic E-state index is 13.3. The predicted molar refractivity (Wildman–Crippen MR) is 98.8 cm³/mol. The number of aromatic nitrogens is 1. The Morgan fingerprint density at radius 1 is 1.19 bits per heavy atom. The molecule has 5 nitrogen and oxygen atoms in total. The molecule has 0 saturated carbocycles. The molecule has 10 heteroatoms. The number of aryl methyl sites for hydroxylation is 1. The highest BCUT2D eigenvalue weighted by atomic mass is 35.5. The van der Waals surface area contributed by atoms with E-state index in [4.69, 9.17) is 11.6 Å². The fraction of sp³-hybridized carbons (Fsp3) is 0.312. The van der Waals surface area contributed by atoms with E-state index in [0.717, 1.165) is 0 Å². The van der Waals surface area contributed by atoms with Gasteiger partial charge in [-0.25, -0.2) is 17.9 Å². The van der Waals surface area contributed by atoms with Crippen LogP contribution in [0.15, 0.2) is 18.3 Å². The smallest absolute Gasteiger partial charge is 0.273 e. The van der Waals surface area contributed by atoms with Crippen molar-refractivity contribution in [3.05, 3.63) is 46.5 Å². The summed E-state index contributed by atoms with van der Waals surface area (Å²) in [5.74, 6) is -5.09. The van der Waals surface area contributed by atoms with Crippen LogP contribution in [0.5, 0.6) is 0 Å². The molecule has 0 radical (unpaired) electrons. The van der Waals surface area contributed by atoms with Gasteiger partial charge in [-0.1, -0.05) is 11.6 Å². The van der Waals surface area contributed by atoms with E-state index in [1.807, 2.05) is 20.8 Å². The highest BCUT2D eigenvalue weighted by Crippen LogP contribution is 2.30. The number of amides is 1. The van der Waals surface area contributed by atoms with Crippen LogP contribution < -0.4 is 14.8 Å². The molecule has 3 N–H and O–H groups in total. The van der Waals surface area contributed by atoms with Crippen molar-refractivity contribution in [2.75, 3.05) is 10.0 Å². The van der Waals surface area contributed by atoms with Crippen molar-refractivity contribution in [3.8, 4) is 0 Å². The van der Waals surface area contributed by atoms with Gasteiger partial charge in [-0.2, -0.15) is 0 Å². The van der Waals surface area contributed by atoms with Gasteiger partial charge < -0.3 is 14.6 Å². The number of nitrogens with zero attached hydrogens (tertiary/aromatic N) is 1. The molecule has 1 heterocycles. The van der Waals surface area contributed by atoms with Gasteiger partial charge in [0.2, 0.25) is 0 Å². The fourth-order valence-corrected chi connectivity index (χ4v) is 2.97. The maximum absolute atomic E-state index is 13.3. The van der Waals surface area contributed by atoms with Gasteiger partial charge in [-0.05, 0) is 20.8 Å². The number of hydrogen-bond acceptors (Lipinski definition) is 4. The van der Waals surface area contributed by atoms with Gasteiger partial charge in [-0.15, -0.1) is 0 Å². The average molecular weight is 407 g/mol. The Hall–Kier alpha value is -1.84. The molecule has 1 aromatic heterocycles. The molecule has 26 heavy (non-hydrogen) atoms. The Kier molecular flexibility index (Phi) is 6.15. The van der Waals surface area contributed by atoms with E-state index in [1.165, 1.54) is 16.7 Å². The third-order valence-electron chi connectivity index (χ3n) is 3.09. The normalized spacial score (nSPS) is 11.5. The van der Waals surface area contributed by atoms with Crippen LogP contribution in [0.1, 0.15) is 31.3 Å². The predicted octanol–water partition coefficient (Wildman–Crippen LogP) is 4.71. The summed E-state index contributed by atoms with van der Waals surface area (Å²) < 4.78 is 47.1. The lowest BCUT2D eigenvalue weighted by molar-refractivity contribution is 0.101. The van der Waals surface area contributed by atoms with E-state index >= 15 is 0 Å². The molecule has 0 atom stereocenters. The maximum Gasteiger partial charge on any atom is 0.273 e. The molecule has 0 bridgehead atoms. The first-order chi connectivity index (χ1) is 12.0. The first-order valence-corrected chi connectivity index (χ1v) is 8.69. The molecule has 1 aromatic carbocycles. The molecule has 2 rings (SSSR count). The van der Waals surface area contributed by atoms with Gasteiger partial charge in [0.05, 0.1) is 10.7 Å². The van der Waals surface area contributed by atoms with E-state index in [1.54, 1.807) is 13.2 Å². The minimum atomic E-state index is -1.60. The summed E-state index contributed by atoms with van der Waals surface area (Å²) in [6.07, 6.45) is 1.60. The van der Waals surface area contributed by atoms with Gasteiger partial charge in [0, 0.05) is 48.7 Å². The summed E-state index contributed by atoms with van der Waals surface area (Å²) >= 11 is 7.44. The summed E-state index contributed by atoms with van der Waals surface area (Å²) in [5, 5.41) is 2.44. The third-order valence-corrected chi connectivity index (χ3v) is 4.51.